The van der Waals surface area contributed by atoms with E-state index in [1.165, 1.54) is 0 Å². The van der Waals surface area contributed by atoms with Crippen molar-refractivity contribution in [2.45, 2.75) is 26.2 Å². The molecule has 0 bridgehead atoms. The molecule has 0 saturated carbocycles. The number of fused-ring (bicyclic) bond motifs is 1. The van der Waals surface area contributed by atoms with E-state index in [9.17, 15) is 5.26 Å². The number of rotatable bonds is 4. The fourth-order valence-corrected chi connectivity index (χ4v) is 3.61. The second-order valence-corrected chi connectivity index (χ2v) is 6.55. The van der Waals surface area contributed by atoms with Gasteiger partial charge in [-0.2, -0.15) is 5.26 Å². The molecule has 0 amide bonds. The van der Waals surface area contributed by atoms with Gasteiger partial charge in [0, 0.05) is 11.3 Å². The molecule has 1 aliphatic rings. The molecule has 3 rings (SSSR count). The maximum Gasteiger partial charge on any atom is 0.203 e. The first-order chi connectivity index (χ1) is 12.5. The minimum Gasteiger partial charge on any atom is -0.493 e. The molecule has 6 nitrogen and oxygen atoms in total. The molecule has 26 heavy (non-hydrogen) atoms. The quantitative estimate of drug-likeness (QED) is 0.906. The Morgan fingerprint density at radius 3 is 2.35 bits per heavy atom. The first-order valence-corrected chi connectivity index (χ1v) is 8.55. The maximum absolute atomic E-state index is 9.72. The number of nitrogens with two attached hydrogens (primary N) is 1. The highest BCUT2D eigenvalue weighted by molar-refractivity contribution is 5.82. The van der Waals surface area contributed by atoms with E-state index in [2.05, 4.69) is 18.0 Å². The van der Waals surface area contributed by atoms with E-state index < -0.39 is 0 Å². The lowest BCUT2D eigenvalue weighted by atomic mass is 9.82. The number of aromatic nitrogens is 1. The van der Waals surface area contributed by atoms with E-state index in [1.54, 1.807) is 21.3 Å². The minimum absolute atomic E-state index is 0.268. The number of methoxy groups -OCH3 is 3. The van der Waals surface area contributed by atoms with Crippen molar-refractivity contribution in [2.24, 2.45) is 5.92 Å². The molecule has 1 aromatic heterocycles. The molecular formula is C20H23N3O3. The van der Waals surface area contributed by atoms with Crippen LogP contribution >= 0.6 is 0 Å². The molecule has 0 unspecified atom stereocenters. The van der Waals surface area contributed by atoms with E-state index in [0.717, 1.165) is 41.6 Å². The lowest BCUT2D eigenvalue weighted by Crippen LogP contribution is -2.17. The Kier molecular flexibility index (Phi) is 4.90. The van der Waals surface area contributed by atoms with Crippen LogP contribution in [0.1, 0.15) is 30.2 Å². The van der Waals surface area contributed by atoms with Gasteiger partial charge >= 0.3 is 0 Å². The monoisotopic (exact) mass is 353 g/mol. The van der Waals surface area contributed by atoms with Gasteiger partial charge in [0.25, 0.3) is 0 Å². The summed E-state index contributed by atoms with van der Waals surface area (Å²) in [4.78, 5) is 4.49. The average molecular weight is 353 g/mol. The van der Waals surface area contributed by atoms with Crippen LogP contribution in [0, 0.1) is 17.2 Å². The normalized spacial score (nSPS) is 15.7. The molecule has 2 aromatic rings. The number of benzene rings is 1. The largest absolute Gasteiger partial charge is 0.493 e. The Balaban J connectivity index is 2.33. The Bertz CT molecular complexity index is 862. The summed E-state index contributed by atoms with van der Waals surface area (Å²) < 4.78 is 16.4. The molecule has 136 valence electrons. The van der Waals surface area contributed by atoms with E-state index >= 15 is 0 Å². The summed E-state index contributed by atoms with van der Waals surface area (Å²) >= 11 is 0. The third kappa shape index (κ3) is 2.90. The van der Waals surface area contributed by atoms with Gasteiger partial charge < -0.3 is 19.9 Å². The van der Waals surface area contributed by atoms with E-state index in [4.69, 9.17) is 19.9 Å². The summed E-state index contributed by atoms with van der Waals surface area (Å²) in [5, 5.41) is 9.72. The number of aryl methyl sites for hydroxylation is 1. The van der Waals surface area contributed by atoms with Crippen molar-refractivity contribution in [3.05, 3.63) is 29.0 Å². The Labute approximate surface area is 153 Å². The molecule has 2 N–H and O–H groups in total. The molecule has 0 saturated heterocycles. The molecule has 6 heteroatoms. The molecule has 1 aromatic carbocycles. The number of nitriles is 1. The second-order valence-electron chi connectivity index (χ2n) is 6.55. The third-order valence-electron chi connectivity index (χ3n) is 4.90. The highest BCUT2D eigenvalue weighted by Crippen LogP contribution is 2.44. The lowest BCUT2D eigenvalue weighted by Gasteiger charge is -2.25. The van der Waals surface area contributed by atoms with Crippen LogP contribution in [0.4, 0.5) is 5.82 Å². The van der Waals surface area contributed by atoms with Gasteiger partial charge in [0.1, 0.15) is 17.5 Å². The smallest absolute Gasteiger partial charge is 0.203 e. The van der Waals surface area contributed by atoms with E-state index in [1.807, 2.05) is 12.1 Å². The number of nitrogen functional groups attached to an aromatic ring is 1. The number of hydrogen-bond acceptors (Lipinski definition) is 6. The van der Waals surface area contributed by atoms with Gasteiger partial charge in [-0.1, -0.05) is 6.92 Å². The van der Waals surface area contributed by atoms with Crippen LogP contribution in [0.15, 0.2) is 12.1 Å². The number of nitrogens with zero attached hydrogens (tertiary/aromatic N) is 2. The van der Waals surface area contributed by atoms with Gasteiger partial charge in [-0.3, -0.25) is 0 Å². The molecule has 0 aliphatic heterocycles. The van der Waals surface area contributed by atoms with Crippen molar-refractivity contribution in [3.8, 4) is 34.4 Å². The van der Waals surface area contributed by atoms with Gasteiger partial charge in [0.05, 0.1) is 21.3 Å². The number of ether oxygens (including phenoxy) is 3. The van der Waals surface area contributed by atoms with Crippen molar-refractivity contribution in [2.75, 3.05) is 27.1 Å². The minimum atomic E-state index is 0.268. The topological polar surface area (TPSA) is 90.4 Å². The van der Waals surface area contributed by atoms with Crippen molar-refractivity contribution < 1.29 is 14.2 Å². The lowest BCUT2D eigenvalue weighted by molar-refractivity contribution is 0.324. The van der Waals surface area contributed by atoms with Crippen molar-refractivity contribution in [1.82, 2.24) is 4.98 Å². The summed E-state index contributed by atoms with van der Waals surface area (Å²) in [7, 11) is 4.71. The summed E-state index contributed by atoms with van der Waals surface area (Å²) in [6.45, 7) is 2.21. The van der Waals surface area contributed by atoms with Gasteiger partial charge in [-0.15, -0.1) is 0 Å². The number of anilines is 1. The summed E-state index contributed by atoms with van der Waals surface area (Å²) in [5.74, 6) is 2.39. The van der Waals surface area contributed by atoms with Crippen LogP contribution in [0.25, 0.3) is 11.1 Å². The molecule has 0 fully saturated rings. The Morgan fingerprint density at radius 1 is 1.15 bits per heavy atom. The van der Waals surface area contributed by atoms with Crippen LogP contribution < -0.4 is 19.9 Å². The third-order valence-corrected chi connectivity index (χ3v) is 4.90. The molecular weight excluding hydrogens is 330 g/mol. The van der Waals surface area contributed by atoms with Crippen LogP contribution in [-0.2, 0) is 12.8 Å². The Morgan fingerprint density at radius 2 is 1.81 bits per heavy atom. The first kappa shape index (κ1) is 17.9. The van der Waals surface area contributed by atoms with E-state index in [0.29, 0.717) is 28.7 Å². The highest BCUT2D eigenvalue weighted by atomic mass is 16.5. The number of hydrogen-bond donors (Lipinski definition) is 1. The standard InChI is InChI=1S/C20H23N3O3/c1-11-5-6-15-13(7-11)18(14(10-21)20(22)23-15)12-8-16(24-2)19(26-4)17(9-12)25-3/h8-9,11H,5-7H2,1-4H3,(H2,22,23)/t11-/m1/s1. The van der Waals surface area contributed by atoms with Gasteiger partial charge in [0.2, 0.25) is 5.75 Å². The first-order valence-electron chi connectivity index (χ1n) is 8.55. The molecule has 1 atom stereocenters. The van der Waals surface area contributed by atoms with Gasteiger partial charge in [0.15, 0.2) is 11.5 Å². The van der Waals surface area contributed by atoms with Crippen LogP contribution in [-0.4, -0.2) is 26.3 Å². The Hall–Kier alpha value is -2.94. The van der Waals surface area contributed by atoms with Crippen molar-refractivity contribution in [3.63, 3.8) is 0 Å². The average Bonchev–Trinajstić information content (AvgIpc) is 2.65. The molecule has 0 radical (unpaired) electrons. The predicted octanol–water partition coefficient (Wildman–Crippen LogP) is 3.35. The molecule has 1 heterocycles. The van der Waals surface area contributed by atoms with E-state index in [-0.39, 0.29) is 5.82 Å². The summed E-state index contributed by atoms with van der Waals surface area (Å²) in [5.41, 5.74) is 10.2. The van der Waals surface area contributed by atoms with Crippen LogP contribution in [0.2, 0.25) is 0 Å². The van der Waals surface area contributed by atoms with Gasteiger partial charge in [-0.05, 0) is 48.4 Å². The summed E-state index contributed by atoms with van der Waals surface area (Å²) in [6.07, 6.45) is 2.80. The molecule has 1 aliphatic carbocycles. The van der Waals surface area contributed by atoms with Crippen molar-refractivity contribution in [1.29, 1.82) is 5.26 Å². The molecule has 0 spiro atoms. The zero-order chi connectivity index (χ0) is 18.8. The maximum atomic E-state index is 9.72. The highest BCUT2D eigenvalue weighted by Gasteiger charge is 2.26. The summed E-state index contributed by atoms with van der Waals surface area (Å²) in [6, 6.07) is 5.95. The second kappa shape index (κ2) is 7.12. The zero-order valence-electron chi connectivity index (χ0n) is 15.5. The predicted molar refractivity (Wildman–Crippen MR) is 99.6 cm³/mol. The number of pyridine rings is 1. The van der Waals surface area contributed by atoms with Crippen molar-refractivity contribution >= 4 is 5.82 Å². The fourth-order valence-electron chi connectivity index (χ4n) is 3.61. The fraction of sp³-hybridized carbons (Fsp3) is 0.400. The van der Waals surface area contributed by atoms with Crippen LogP contribution in [0.5, 0.6) is 17.2 Å². The SMILES string of the molecule is COc1cc(-c2c(C#N)c(N)nc3c2C[C@H](C)CC3)cc(OC)c1OC. The van der Waals surface area contributed by atoms with Crippen LogP contribution in [0.3, 0.4) is 0 Å². The zero-order valence-corrected chi connectivity index (χ0v) is 15.5. The van der Waals surface area contributed by atoms with Gasteiger partial charge in [-0.25, -0.2) is 4.98 Å².